The number of halogens is 1. The van der Waals surface area contributed by atoms with Gasteiger partial charge >= 0.3 is 6.03 Å². The molecule has 5 N–H and O–H groups in total. The number of nitrogens with zero attached hydrogens (tertiary/aromatic N) is 2. The molecule has 0 saturated carbocycles. The van der Waals surface area contributed by atoms with Crippen LogP contribution in [0.3, 0.4) is 0 Å². The minimum Gasteiger partial charge on any atom is -0.379 e. The summed E-state index contributed by atoms with van der Waals surface area (Å²) in [5, 5.41) is 18.5. The maximum atomic E-state index is 12.8. The number of rotatable bonds is 22. The van der Waals surface area contributed by atoms with E-state index in [1.165, 1.54) is 0 Å². The maximum absolute atomic E-state index is 12.8. The molecule has 278 valence electrons. The van der Waals surface area contributed by atoms with Crippen LogP contribution in [0.2, 0.25) is 0 Å². The number of alkyl halides is 1. The summed E-state index contributed by atoms with van der Waals surface area (Å²) in [5.74, 6) is 0.140. The summed E-state index contributed by atoms with van der Waals surface area (Å²) >= 11 is 5.66. The number of nitrogens with one attached hydrogen (secondary N) is 5. The Kier molecular flexibility index (Phi) is 18.0. The van der Waals surface area contributed by atoms with Crippen LogP contribution in [-0.4, -0.2) is 78.9 Å². The minimum atomic E-state index is -0.406. The summed E-state index contributed by atoms with van der Waals surface area (Å²) in [7, 11) is 0. The SMILES string of the molecule is CC(C)(C)c1cc(NC(=O)Nc2ccccc2)n(-c2cccc(CNC(=O)CNC(=O)CCC(=O)NCCOCCOCCCCCCCl)c2)n1. The summed E-state index contributed by atoms with van der Waals surface area (Å²) in [5.41, 5.74) is 2.66. The number of para-hydroxylation sites is 1. The van der Waals surface area contributed by atoms with E-state index < -0.39 is 11.9 Å². The van der Waals surface area contributed by atoms with Crippen LogP contribution in [0.5, 0.6) is 0 Å². The molecule has 0 aliphatic rings. The third-order valence-corrected chi connectivity index (χ3v) is 7.80. The summed E-state index contributed by atoms with van der Waals surface area (Å²) < 4.78 is 12.6. The number of benzene rings is 2. The quantitative estimate of drug-likeness (QED) is 0.0695. The van der Waals surface area contributed by atoms with Crippen LogP contribution in [0.1, 0.15) is 70.6 Å². The van der Waals surface area contributed by atoms with Crippen LogP contribution >= 0.6 is 11.6 Å². The lowest BCUT2D eigenvalue weighted by molar-refractivity contribution is -0.128. The second kappa shape index (κ2) is 22.4. The van der Waals surface area contributed by atoms with Gasteiger partial charge in [-0.3, -0.25) is 19.7 Å². The number of amides is 5. The van der Waals surface area contributed by atoms with Crippen LogP contribution < -0.4 is 26.6 Å². The zero-order valence-electron chi connectivity index (χ0n) is 29.9. The van der Waals surface area contributed by atoms with Gasteiger partial charge in [0.1, 0.15) is 5.82 Å². The molecule has 0 spiro atoms. The van der Waals surface area contributed by atoms with Gasteiger partial charge in [-0.25, -0.2) is 9.48 Å². The fourth-order valence-corrected chi connectivity index (χ4v) is 4.90. The van der Waals surface area contributed by atoms with Gasteiger partial charge in [0.15, 0.2) is 0 Å². The summed E-state index contributed by atoms with van der Waals surface area (Å²) in [6, 6.07) is 18.0. The average molecular weight is 726 g/mol. The molecule has 0 unspecified atom stereocenters. The number of hydrogen-bond acceptors (Lipinski definition) is 7. The van der Waals surface area contributed by atoms with E-state index in [-0.39, 0.29) is 43.2 Å². The van der Waals surface area contributed by atoms with E-state index >= 15 is 0 Å². The van der Waals surface area contributed by atoms with Crippen molar-refractivity contribution < 1.29 is 28.7 Å². The van der Waals surface area contributed by atoms with E-state index in [0.29, 0.717) is 56.0 Å². The Balaban J connectivity index is 1.36. The lowest BCUT2D eigenvalue weighted by atomic mass is 9.92. The normalized spacial score (nSPS) is 11.1. The van der Waals surface area contributed by atoms with Gasteiger partial charge in [-0.2, -0.15) is 5.10 Å². The van der Waals surface area contributed by atoms with Crippen molar-refractivity contribution in [1.82, 2.24) is 25.7 Å². The molecule has 2 aromatic carbocycles. The van der Waals surface area contributed by atoms with Crippen molar-refractivity contribution in [3.8, 4) is 5.69 Å². The van der Waals surface area contributed by atoms with Gasteiger partial charge in [-0.05, 0) is 42.7 Å². The number of urea groups is 1. The van der Waals surface area contributed by atoms with Gasteiger partial charge in [0.2, 0.25) is 17.7 Å². The van der Waals surface area contributed by atoms with Crippen molar-refractivity contribution >= 4 is 46.9 Å². The van der Waals surface area contributed by atoms with E-state index in [0.717, 1.165) is 36.9 Å². The summed E-state index contributed by atoms with van der Waals surface area (Å²) in [6.45, 7) is 8.44. The van der Waals surface area contributed by atoms with Crippen molar-refractivity contribution in [2.75, 3.05) is 56.0 Å². The van der Waals surface area contributed by atoms with E-state index in [2.05, 4.69) is 26.6 Å². The van der Waals surface area contributed by atoms with Gasteiger partial charge in [0.05, 0.1) is 37.7 Å². The molecule has 0 aliphatic heterocycles. The molecule has 0 saturated heterocycles. The molecule has 14 heteroatoms. The Morgan fingerprint density at radius 2 is 1.45 bits per heavy atom. The summed E-state index contributed by atoms with van der Waals surface area (Å²) in [4.78, 5) is 49.6. The largest absolute Gasteiger partial charge is 0.379 e. The first kappa shape index (κ1) is 41.0. The molecule has 51 heavy (non-hydrogen) atoms. The fourth-order valence-electron chi connectivity index (χ4n) is 4.71. The Labute approximate surface area is 305 Å². The van der Waals surface area contributed by atoms with Gasteiger partial charge < -0.3 is 30.7 Å². The summed E-state index contributed by atoms with van der Waals surface area (Å²) in [6.07, 6.45) is 4.22. The van der Waals surface area contributed by atoms with Crippen molar-refractivity contribution in [3.63, 3.8) is 0 Å². The van der Waals surface area contributed by atoms with Gasteiger partial charge in [-0.1, -0.05) is 63.9 Å². The number of hydrogen-bond donors (Lipinski definition) is 5. The molecule has 13 nitrogen and oxygen atoms in total. The highest BCUT2D eigenvalue weighted by Crippen LogP contribution is 2.27. The van der Waals surface area contributed by atoms with Crippen molar-refractivity contribution in [2.45, 2.75) is 71.3 Å². The molecule has 0 fully saturated rings. The molecule has 1 heterocycles. The number of carbonyl (C=O) groups is 4. The molecule has 1 aromatic heterocycles. The lowest BCUT2D eigenvalue weighted by Crippen LogP contribution is -2.37. The highest BCUT2D eigenvalue weighted by Gasteiger charge is 2.22. The molecule has 3 rings (SSSR count). The maximum Gasteiger partial charge on any atom is 0.324 e. The smallest absolute Gasteiger partial charge is 0.324 e. The Morgan fingerprint density at radius 1 is 0.745 bits per heavy atom. The molecular weight excluding hydrogens is 674 g/mol. The average Bonchev–Trinajstić information content (AvgIpc) is 3.54. The van der Waals surface area contributed by atoms with Gasteiger partial charge in [-0.15, -0.1) is 11.6 Å². The van der Waals surface area contributed by atoms with Crippen LogP contribution in [-0.2, 0) is 35.8 Å². The number of ether oxygens (including phenoxy) is 2. The van der Waals surface area contributed by atoms with Crippen molar-refractivity contribution in [2.24, 2.45) is 0 Å². The topological polar surface area (TPSA) is 165 Å². The van der Waals surface area contributed by atoms with Crippen LogP contribution in [0.4, 0.5) is 16.3 Å². The first-order valence-corrected chi connectivity index (χ1v) is 17.9. The molecule has 0 bridgehead atoms. The monoisotopic (exact) mass is 725 g/mol. The molecule has 0 radical (unpaired) electrons. The van der Waals surface area contributed by atoms with Crippen LogP contribution in [0.25, 0.3) is 5.69 Å². The van der Waals surface area contributed by atoms with E-state index in [4.69, 9.17) is 26.2 Å². The standard InChI is InChI=1S/C37H52ClN7O6/c1-37(2,3)31-25-32(43-36(49)42-29-13-7-6-8-14-29)45(44-31)30-15-11-12-28(24-30)26-40-35(48)27-41-34(47)17-16-33(46)39-19-21-51-23-22-50-20-10-5-4-9-18-38/h6-8,11-15,24-25H,4-5,9-10,16-23,26-27H2,1-3H3,(H,39,46)(H,40,48)(H,41,47)(H2,42,43,49). The zero-order chi connectivity index (χ0) is 36.9. The van der Waals surface area contributed by atoms with Crippen LogP contribution in [0.15, 0.2) is 60.7 Å². The molecular formula is C37H52ClN7O6. The Morgan fingerprint density at radius 3 is 2.18 bits per heavy atom. The zero-order valence-corrected chi connectivity index (χ0v) is 30.7. The molecule has 5 amide bonds. The number of aromatic nitrogens is 2. The predicted octanol–water partition coefficient (Wildman–Crippen LogP) is 5.28. The number of anilines is 2. The Hall–Kier alpha value is -4.46. The first-order chi connectivity index (χ1) is 24.5. The number of carbonyl (C=O) groups excluding carboxylic acids is 4. The molecule has 0 atom stereocenters. The first-order valence-electron chi connectivity index (χ1n) is 17.4. The lowest BCUT2D eigenvalue weighted by Gasteiger charge is -2.14. The third kappa shape index (κ3) is 16.4. The predicted molar refractivity (Wildman–Crippen MR) is 199 cm³/mol. The van der Waals surface area contributed by atoms with Crippen LogP contribution in [0, 0.1) is 0 Å². The van der Waals surface area contributed by atoms with Crippen molar-refractivity contribution in [1.29, 1.82) is 0 Å². The van der Waals surface area contributed by atoms with E-state index in [9.17, 15) is 19.2 Å². The second-order valence-electron chi connectivity index (χ2n) is 12.9. The highest BCUT2D eigenvalue weighted by atomic mass is 35.5. The Bertz CT molecular complexity index is 1530. The fraction of sp³-hybridized carbons (Fsp3) is 0.486. The third-order valence-electron chi connectivity index (χ3n) is 7.53. The van der Waals surface area contributed by atoms with E-state index in [1.54, 1.807) is 16.8 Å². The van der Waals surface area contributed by atoms with Crippen molar-refractivity contribution in [3.05, 3.63) is 71.9 Å². The minimum absolute atomic E-state index is 0.00217. The number of unbranched alkanes of at least 4 members (excludes halogenated alkanes) is 3. The van der Waals surface area contributed by atoms with Gasteiger partial charge in [0.25, 0.3) is 0 Å². The second-order valence-corrected chi connectivity index (χ2v) is 13.3. The van der Waals surface area contributed by atoms with Gasteiger partial charge in [0, 0.05) is 55.6 Å². The van der Waals surface area contributed by atoms with E-state index in [1.807, 2.05) is 69.3 Å². The molecule has 3 aromatic rings. The highest BCUT2D eigenvalue weighted by molar-refractivity contribution is 6.17. The molecule has 0 aliphatic carbocycles.